The zero-order chi connectivity index (χ0) is 35.6. The van der Waals surface area contributed by atoms with E-state index in [0.29, 0.717) is 80.2 Å². The van der Waals surface area contributed by atoms with Gasteiger partial charge in [-0.15, -0.1) is 0 Å². The lowest BCUT2D eigenvalue weighted by molar-refractivity contribution is -0.131. The second-order valence-electron chi connectivity index (χ2n) is 13.2. The SMILES string of the molecule is COc1cc(F)cnc1N1CCN(C(=O)c2cc3c(-c4cnccc4C(C)C)cc(C4=CCCN(C(=O)CCn5cccn5)C4)c(F)c3[nH]2)CC1.[HH]. The molecule has 1 fully saturated rings. The third-order valence-corrected chi connectivity index (χ3v) is 9.70. The summed E-state index contributed by atoms with van der Waals surface area (Å²) in [6, 6.07) is 8.65. The Morgan fingerprint density at radius 3 is 2.57 bits per heavy atom. The molecule has 0 unspecified atom stereocenters. The molecule has 0 atom stereocenters. The molecule has 0 radical (unpaired) electrons. The first-order valence-corrected chi connectivity index (χ1v) is 17.2. The highest BCUT2D eigenvalue weighted by Crippen LogP contribution is 2.39. The number of methoxy groups -OCH3 is 1. The Morgan fingerprint density at radius 2 is 1.82 bits per heavy atom. The molecular weight excluding hydrogens is 654 g/mol. The second kappa shape index (κ2) is 14.3. The highest BCUT2D eigenvalue weighted by atomic mass is 19.1. The van der Waals surface area contributed by atoms with Crippen LogP contribution in [0.4, 0.5) is 14.6 Å². The number of carbonyl (C=O) groups excluding carboxylic acids is 2. The molecule has 1 saturated heterocycles. The molecule has 13 heteroatoms. The molecule has 5 aromatic rings. The number of hydrogen-bond acceptors (Lipinski definition) is 7. The third kappa shape index (κ3) is 6.80. The molecule has 266 valence electrons. The topological polar surface area (TPSA) is 112 Å². The van der Waals surface area contributed by atoms with Crippen LogP contribution in [0.25, 0.3) is 27.6 Å². The molecule has 0 bridgehead atoms. The maximum Gasteiger partial charge on any atom is 0.270 e. The summed E-state index contributed by atoms with van der Waals surface area (Å²) in [6.07, 6.45) is 11.1. The van der Waals surface area contributed by atoms with Crippen LogP contribution in [0.1, 0.15) is 55.6 Å². The smallest absolute Gasteiger partial charge is 0.270 e. The number of piperazine rings is 1. The van der Waals surface area contributed by atoms with Crippen molar-refractivity contribution in [1.29, 1.82) is 0 Å². The van der Waals surface area contributed by atoms with Gasteiger partial charge in [0, 0.05) is 101 Å². The number of aromatic nitrogens is 5. The molecule has 2 aliphatic heterocycles. The lowest BCUT2D eigenvalue weighted by Crippen LogP contribution is -2.49. The number of pyridine rings is 2. The molecular formula is C38H42F2N8O3. The number of H-pyrrole nitrogens is 1. The average Bonchev–Trinajstić information content (AvgIpc) is 3.85. The van der Waals surface area contributed by atoms with Crippen molar-refractivity contribution in [2.24, 2.45) is 0 Å². The fraction of sp³-hybridized carbons (Fsp3) is 0.342. The summed E-state index contributed by atoms with van der Waals surface area (Å²) in [7, 11) is 1.47. The molecule has 0 aliphatic carbocycles. The fourth-order valence-electron chi connectivity index (χ4n) is 7.01. The normalized spacial score (nSPS) is 15.1. The van der Waals surface area contributed by atoms with Gasteiger partial charge in [0.1, 0.15) is 11.5 Å². The molecule has 0 spiro atoms. The van der Waals surface area contributed by atoms with E-state index in [9.17, 15) is 14.0 Å². The maximum absolute atomic E-state index is 16.7. The van der Waals surface area contributed by atoms with E-state index < -0.39 is 11.6 Å². The lowest BCUT2D eigenvalue weighted by atomic mass is 9.89. The van der Waals surface area contributed by atoms with Crippen LogP contribution in [0.2, 0.25) is 0 Å². The molecule has 11 nitrogen and oxygen atoms in total. The van der Waals surface area contributed by atoms with Crippen LogP contribution in [0.15, 0.2) is 67.4 Å². The molecule has 1 N–H and O–H groups in total. The van der Waals surface area contributed by atoms with Gasteiger partial charge in [-0.3, -0.25) is 19.3 Å². The first kappa shape index (κ1) is 33.9. The number of aromatic amines is 1. The summed E-state index contributed by atoms with van der Waals surface area (Å²) in [6.45, 7) is 7.18. The fourth-order valence-corrected chi connectivity index (χ4v) is 7.01. The predicted molar refractivity (Wildman–Crippen MR) is 193 cm³/mol. The molecule has 2 amide bonds. The number of amides is 2. The summed E-state index contributed by atoms with van der Waals surface area (Å²) in [5.74, 6) is -0.227. The Morgan fingerprint density at radius 1 is 1.00 bits per heavy atom. The predicted octanol–water partition coefficient (Wildman–Crippen LogP) is 6.15. The van der Waals surface area contributed by atoms with Crippen molar-refractivity contribution in [3.05, 3.63) is 95.8 Å². The van der Waals surface area contributed by atoms with E-state index in [2.05, 4.69) is 33.9 Å². The van der Waals surface area contributed by atoms with Crippen molar-refractivity contribution in [3.8, 4) is 16.9 Å². The number of nitrogens with one attached hydrogen (secondary N) is 1. The molecule has 4 aromatic heterocycles. The Balaban J connectivity index is 0.00000464. The van der Waals surface area contributed by atoms with Crippen molar-refractivity contribution >= 4 is 34.1 Å². The Labute approximate surface area is 296 Å². The lowest BCUT2D eigenvalue weighted by Gasteiger charge is -2.35. The number of halogens is 2. The minimum Gasteiger partial charge on any atom is -0.493 e. The average molecular weight is 697 g/mol. The zero-order valence-corrected chi connectivity index (χ0v) is 28.9. The highest BCUT2D eigenvalue weighted by Gasteiger charge is 2.29. The summed E-state index contributed by atoms with van der Waals surface area (Å²) >= 11 is 0. The summed E-state index contributed by atoms with van der Waals surface area (Å²) in [5, 5.41) is 4.77. The second-order valence-corrected chi connectivity index (χ2v) is 13.2. The number of ether oxygens (including phenoxy) is 1. The Bertz CT molecular complexity index is 2110. The minimum atomic E-state index is -0.489. The van der Waals surface area contributed by atoms with Gasteiger partial charge in [-0.1, -0.05) is 19.9 Å². The number of benzene rings is 1. The number of anilines is 1. The monoisotopic (exact) mass is 696 g/mol. The van der Waals surface area contributed by atoms with Crippen LogP contribution < -0.4 is 9.64 Å². The number of fused-ring (bicyclic) bond motifs is 1. The van der Waals surface area contributed by atoms with Crippen molar-refractivity contribution < 1.29 is 24.5 Å². The largest absolute Gasteiger partial charge is 0.493 e. The molecule has 6 heterocycles. The molecule has 1 aromatic carbocycles. The standard InChI is InChI=1S/C38H40F2N8O3.H2/c1-24(2)27-7-10-41-22-31(27)29-19-28(25-6-4-11-47(23-25)34(49)8-13-48-12-5-9-43-48)35(40)36-30(29)20-32(44-36)38(50)46-16-14-45(15-17-46)37-33(51-3)18-26(39)21-42-37;/h5-7,9-10,12,18-22,24,44H,4,8,11,13-17,23H2,1-3H3;1H. The van der Waals surface area contributed by atoms with Gasteiger partial charge in [0.25, 0.3) is 5.91 Å². The van der Waals surface area contributed by atoms with E-state index in [0.717, 1.165) is 22.9 Å². The van der Waals surface area contributed by atoms with Crippen LogP contribution in [0.3, 0.4) is 0 Å². The van der Waals surface area contributed by atoms with Crippen LogP contribution in [0, 0.1) is 11.6 Å². The van der Waals surface area contributed by atoms with E-state index in [1.165, 1.54) is 13.2 Å². The quantitative estimate of drug-likeness (QED) is 0.197. The van der Waals surface area contributed by atoms with Gasteiger partial charge in [0.2, 0.25) is 5.91 Å². The van der Waals surface area contributed by atoms with E-state index in [1.807, 2.05) is 35.4 Å². The third-order valence-electron chi connectivity index (χ3n) is 9.70. The van der Waals surface area contributed by atoms with Crippen molar-refractivity contribution in [2.45, 2.75) is 39.2 Å². The van der Waals surface area contributed by atoms with Gasteiger partial charge in [0.15, 0.2) is 17.4 Å². The van der Waals surface area contributed by atoms with Gasteiger partial charge in [-0.25, -0.2) is 13.8 Å². The first-order chi connectivity index (χ1) is 24.7. The summed E-state index contributed by atoms with van der Waals surface area (Å²) < 4.78 is 37.6. The van der Waals surface area contributed by atoms with Gasteiger partial charge in [-0.2, -0.15) is 5.10 Å². The first-order valence-electron chi connectivity index (χ1n) is 17.2. The Hall–Kier alpha value is -5.59. The van der Waals surface area contributed by atoms with E-state index in [4.69, 9.17) is 4.74 Å². The summed E-state index contributed by atoms with van der Waals surface area (Å²) in [4.78, 5) is 44.4. The molecule has 7 rings (SSSR count). The van der Waals surface area contributed by atoms with Crippen molar-refractivity contribution in [2.75, 3.05) is 51.3 Å². The van der Waals surface area contributed by atoms with Gasteiger partial charge in [-0.05, 0) is 53.3 Å². The number of nitrogens with zero attached hydrogens (tertiary/aromatic N) is 7. The van der Waals surface area contributed by atoms with Crippen molar-refractivity contribution in [1.82, 2.24) is 34.5 Å². The van der Waals surface area contributed by atoms with Crippen LogP contribution >= 0.6 is 0 Å². The minimum absolute atomic E-state index is 0. The van der Waals surface area contributed by atoms with Crippen LogP contribution in [-0.2, 0) is 11.3 Å². The zero-order valence-electron chi connectivity index (χ0n) is 28.9. The number of hydrogen-bond donors (Lipinski definition) is 1. The van der Waals surface area contributed by atoms with E-state index in [-0.39, 0.29) is 36.9 Å². The van der Waals surface area contributed by atoms with Crippen molar-refractivity contribution in [3.63, 3.8) is 0 Å². The Kier molecular flexibility index (Phi) is 9.52. The number of aryl methyl sites for hydroxylation is 1. The number of rotatable bonds is 9. The van der Waals surface area contributed by atoms with E-state index >= 15 is 4.39 Å². The van der Waals surface area contributed by atoms with Gasteiger partial charge >= 0.3 is 0 Å². The number of carbonyl (C=O) groups is 2. The molecule has 0 saturated carbocycles. The van der Waals surface area contributed by atoms with Crippen LogP contribution in [-0.4, -0.2) is 92.7 Å². The highest BCUT2D eigenvalue weighted by molar-refractivity contribution is 6.05. The maximum atomic E-state index is 16.7. The van der Waals surface area contributed by atoms with E-state index in [1.54, 1.807) is 39.1 Å². The van der Waals surface area contributed by atoms with Gasteiger partial charge in [0.05, 0.1) is 18.8 Å². The molecule has 2 aliphatic rings. The molecule has 51 heavy (non-hydrogen) atoms. The summed E-state index contributed by atoms with van der Waals surface area (Å²) in [5.41, 5.74) is 4.27. The van der Waals surface area contributed by atoms with Gasteiger partial charge < -0.3 is 24.4 Å². The van der Waals surface area contributed by atoms with Crippen LogP contribution in [0.5, 0.6) is 5.75 Å².